The molecule has 0 bridgehead atoms. The average molecular weight is 209 g/mol. The van der Waals surface area contributed by atoms with Crippen molar-refractivity contribution in [2.75, 3.05) is 0 Å². The first kappa shape index (κ1) is 11.0. The Labute approximate surface area is 91.2 Å². The summed E-state index contributed by atoms with van der Waals surface area (Å²) in [5, 5.41) is 0. The van der Waals surface area contributed by atoms with E-state index in [1.807, 2.05) is 38.1 Å². The van der Waals surface area contributed by atoms with E-state index < -0.39 is 0 Å². The Bertz CT molecular complexity index is 429. The molecule has 1 aromatic heterocycles. The number of aliphatic imine (C=N–C) groups is 1. The minimum absolute atomic E-state index is 0. The van der Waals surface area contributed by atoms with E-state index in [0.29, 0.717) is 5.95 Å². The minimum atomic E-state index is -0.000874. The van der Waals surface area contributed by atoms with Crippen molar-refractivity contribution in [3.05, 3.63) is 24.3 Å². The molecule has 0 amide bonds. The molecule has 1 aromatic carbocycles. The maximum absolute atomic E-state index is 5.21. The zero-order valence-corrected chi connectivity index (χ0v) is 8.86. The highest BCUT2D eigenvalue weighted by Gasteiger charge is 1.99. The Balaban J connectivity index is 0. The first-order valence-corrected chi connectivity index (χ1v) is 4.80. The standard InChI is InChI=1S/C8H9N5.C2H6.2H2/c9-7(10)13-8-11-5-3-1-2-4-6(5)12-8;1-2;;/h1-4H,(H5,9,10,11,12,13);1-2H3;2*1H. The van der Waals surface area contributed by atoms with E-state index in [2.05, 4.69) is 15.0 Å². The van der Waals surface area contributed by atoms with Crippen LogP contribution >= 0.6 is 0 Å². The molecule has 0 unspecified atom stereocenters. The van der Waals surface area contributed by atoms with E-state index in [-0.39, 0.29) is 8.81 Å². The number of aromatic nitrogens is 2. The molecular formula is C10H19N5. The summed E-state index contributed by atoms with van der Waals surface area (Å²) >= 11 is 0. The van der Waals surface area contributed by atoms with Gasteiger partial charge in [0.15, 0.2) is 5.96 Å². The van der Waals surface area contributed by atoms with Crippen LogP contribution in [0.1, 0.15) is 16.7 Å². The lowest BCUT2D eigenvalue weighted by Gasteiger charge is -1.85. The Kier molecular flexibility index (Phi) is 3.68. The van der Waals surface area contributed by atoms with E-state index in [4.69, 9.17) is 11.5 Å². The maximum atomic E-state index is 5.21. The van der Waals surface area contributed by atoms with Crippen LogP contribution in [0.4, 0.5) is 5.95 Å². The van der Waals surface area contributed by atoms with Crippen molar-refractivity contribution in [2.24, 2.45) is 16.5 Å². The van der Waals surface area contributed by atoms with Crippen LogP contribution in [-0.2, 0) is 0 Å². The Morgan fingerprint density at radius 1 is 1.33 bits per heavy atom. The van der Waals surface area contributed by atoms with Gasteiger partial charge in [0.1, 0.15) is 0 Å². The van der Waals surface area contributed by atoms with Gasteiger partial charge in [0.05, 0.1) is 11.0 Å². The van der Waals surface area contributed by atoms with Crippen LogP contribution in [0, 0.1) is 0 Å². The summed E-state index contributed by atoms with van der Waals surface area (Å²) in [6.45, 7) is 4.00. The van der Waals surface area contributed by atoms with Crippen molar-refractivity contribution in [1.82, 2.24) is 9.97 Å². The third kappa shape index (κ3) is 2.70. The van der Waals surface area contributed by atoms with Crippen molar-refractivity contribution < 1.29 is 2.85 Å². The molecule has 0 saturated carbocycles. The Morgan fingerprint density at radius 3 is 2.60 bits per heavy atom. The number of nitrogens with two attached hydrogens (primary N) is 2. The molecule has 0 fully saturated rings. The summed E-state index contributed by atoms with van der Waals surface area (Å²) in [5.41, 5.74) is 12.2. The molecule has 0 aliphatic heterocycles. The number of nitrogens with zero attached hydrogens (tertiary/aromatic N) is 2. The summed E-state index contributed by atoms with van der Waals surface area (Å²) in [6.07, 6.45) is 0. The zero-order chi connectivity index (χ0) is 11.3. The minimum Gasteiger partial charge on any atom is -0.370 e. The van der Waals surface area contributed by atoms with Crippen LogP contribution in [0.15, 0.2) is 29.3 Å². The van der Waals surface area contributed by atoms with Crippen LogP contribution in [0.5, 0.6) is 0 Å². The number of hydrogen-bond donors (Lipinski definition) is 3. The van der Waals surface area contributed by atoms with Crippen LogP contribution < -0.4 is 11.5 Å². The maximum Gasteiger partial charge on any atom is 0.231 e. The van der Waals surface area contributed by atoms with Gasteiger partial charge in [-0.05, 0) is 12.1 Å². The number of para-hydroxylation sites is 2. The first-order chi connectivity index (χ1) is 7.25. The zero-order valence-electron chi connectivity index (χ0n) is 8.86. The van der Waals surface area contributed by atoms with Crippen LogP contribution in [-0.4, -0.2) is 15.9 Å². The molecule has 5 N–H and O–H groups in total. The number of benzene rings is 1. The molecule has 2 rings (SSSR count). The topological polar surface area (TPSA) is 93.1 Å². The van der Waals surface area contributed by atoms with Gasteiger partial charge in [-0.1, -0.05) is 26.0 Å². The number of guanidine groups is 1. The lowest BCUT2D eigenvalue weighted by atomic mass is 10.3. The molecule has 0 spiro atoms. The van der Waals surface area contributed by atoms with Gasteiger partial charge in [0, 0.05) is 2.85 Å². The van der Waals surface area contributed by atoms with Crippen molar-refractivity contribution >= 4 is 22.9 Å². The van der Waals surface area contributed by atoms with Gasteiger partial charge < -0.3 is 16.5 Å². The first-order valence-electron chi connectivity index (χ1n) is 4.80. The molecule has 1 heterocycles. The number of rotatable bonds is 1. The third-order valence-corrected chi connectivity index (χ3v) is 1.61. The van der Waals surface area contributed by atoms with E-state index >= 15 is 0 Å². The molecule has 5 heteroatoms. The molecule has 0 atom stereocenters. The third-order valence-electron chi connectivity index (χ3n) is 1.61. The fourth-order valence-corrected chi connectivity index (χ4v) is 1.11. The molecule has 0 aliphatic carbocycles. The van der Waals surface area contributed by atoms with Gasteiger partial charge in [0.25, 0.3) is 0 Å². The molecule has 15 heavy (non-hydrogen) atoms. The second-order valence-electron chi connectivity index (χ2n) is 2.61. The highest BCUT2D eigenvalue weighted by molar-refractivity contribution is 5.81. The van der Waals surface area contributed by atoms with E-state index in [1.54, 1.807) is 0 Å². The average Bonchev–Trinajstić information content (AvgIpc) is 2.61. The summed E-state index contributed by atoms with van der Waals surface area (Å²) in [6, 6.07) is 7.62. The Hall–Kier alpha value is -2.04. The van der Waals surface area contributed by atoms with Crippen LogP contribution in [0.2, 0.25) is 0 Å². The van der Waals surface area contributed by atoms with Crippen LogP contribution in [0.25, 0.3) is 11.0 Å². The number of fused-ring (bicyclic) bond motifs is 1. The molecular weight excluding hydrogens is 190 g/mol. The highest BCUT2D eigenvalue weighted by Crippen LogP contribution is 2.14. The number of imidazole rings is 1. The lowest BCUT2D eigenvalue weighted by molar-refractivity contribution is 1.24. The quantitative estimate of drug-likeness (QED) is 0.495. The number of aromatic amines is 1. The second-order valence-corrected chi connectivity index (χ2v) is 2.61. The fraction of sp³-hybridized carbons (Fsp3) is 0.200. The number of hydrogen-bond acceptors (Lipinski definition) is 2. The van der Waals surface area contributed by atoms with Gasteiger partial charge in [-0.2, -0.15) is 4.99 Å². The van der Waals surface area contributed by atoms with Crippen LogP contribution in [0.3, 0.4) is 0 Å². The molecule has 0 radical (unpaired) electrons. The van der Waals surface area contributed by atoms with E-state index in [0.717, 1.165) is 11.0 Å². The number of nitrogens with one attached hydrogen (secondary N) is 1. The van der Waals surface area contributed by atoms with Crippen molar-refractivity contribution in [2.45, 2.75) is 13.8 Å². The predicted octanol–water partition coefficient (Wildman–Crippen LogP) is 1.99. The molecule has 0 saturated heterocycles. The van der Waals surface area contributed by atoms with Gasteiger partial charge in [0.2, 0.25) is 5.95 Å². The molecule has 5 nitrogen and oxygen atoms in total. The molecule has 2 aromatic rings. The largest absolute Gasteiger partial charge is 0.370 e. The normalized spacial score (nSPS) is 9.20. The summed E-state index contributed by atoms with van der Waals surface area (Å²) in [4.78, 5) is 10.9. The molecule has 84 valence electrons. The van der Waals surface area contributed by atoms with Crippen molar-refractivity contribution in [3.63, 3.8) is 0 Å². The van der Waals surface area contributed by atoms with Gasteiger partial charge in [-0.3, -0.25) is 0 Å². The van der Waals surface area contributed by atoms with E-state index in [9.17, 15) is 0 Å². The van der Waals surface area contributed by atoms with Crippen molar-refractivity contribution in [1.29, 1.82) is 0 Å². The number of H-pyrrole nitrogens is 1. The predicted molar refractivity (Wildman–Crippen MR) is 67.1 cm³/mol. The highest BCUT2D eigenvalue weighted by atomic mass is 15.1. The van der Waals surface area contributed by atoms with Gasteiger partial charge in [-0.15, -0.1) is 0 Å². The summed E-state index contributed by atoms with van der Waals surface area (Å²) in [7, 11) is 0. The van der Waals surface area contributed by atoms with Gasteiger partial charge >= 0.3 is 0 Å². The summed E-state index contributed by atoms with van der Waals surface area (Å²) in [5.74, 6) is 0.431. The summed E-state index contributed by atoms with van der Waals surface area (Å²) < 4.78 is 0. The van der Waals surface area contributed by atoms with Crippen molar-refractivity contribution in [3.8, 4) is 0 Å². The second kappa shape index (κ2) is 4.99. The monoisotopic (exact) mass is 209 g/mol. The fourth-order valence-electron chi connectivity index (χ4n) is 1.11. The lowest BCUT2D eigenvalue weighted by Crippen LogP contribution is -2.22. The smallest absolute Gasteiger partial charge is 0.231 e. The SMILES string of the molecule is CC.NC(N)=Nc1nc2ccccc2[nH]1.[HH].[HH]. The molecule has 0 aliphatic rings. The Morgan fingerprint density at radius 2 is 2.00 bits per heavy atom. The van der Waals surface area contributed by atoms with Gasteiger partial charge in [-0.25, -0.2) is 4.98 Å². The van der Waals surface area contributed by atoms with E-state index in [1.165, 1.54) is 0 Å².